The van der Waals surface area contributed by atoms with Crippen LogP contribution in [-0.2, 0) is 9.47 Å². The summed E-state index contributed by atoms with van der Waals surface area (Å²) in [4.78, 5) is 0. The zero-order valence-electron chi connectivity index (χ0n) is 7.17. The van der Waals surface area contributed by atoms with Gasteiger partial charge in [-0.2, -0.15) is 0 Å². The molecule has 0 aromatic heterocycles. The lowest BCUT2D eigenvalue weighted by Crippen LogP contribution is -1.99. The molecule has 0 saturated carbocycles. The zero-order valence-corrected chi connectivity index (χ0v) is 11.5. The summed E-state index contributed by atoms with van der Waals surface area (Å²) in [6.07, 6.45) is -0.266. The van der Waals surface area contributed by atoms with E-state index in [9.17, 15) is 5.11 Å². The van der Waals surface area contributed by atoms with Gasteiger partial charge in [0.25, 0.3) is 0 Å². The molecule has 1 aliphatic heterocycles. The second-order valence-corrected chi connectivity index (χ2v) is 5.23. The molecule has 0 spiro atoms. The summed E-state index contributed by atoms with van der Waals surface area (Å²) in [7, 11) is 0. The second kappa shape index (κ2) is 4.50. The predicted octanol–water partition coefficient (Wildman–Crippen LogP) is 2.65. The van der Waals surface area contributed by atoms with Crippen molar-refractivity contribution in [1.29, 1.82) is 0 Å². The molecule has 1 aromatic rings. The lowest BCUT2D eigenvalue weighted by molar-refractivity contribution is -0.0442. The maximum atomic E-state index is 9.58. The third kappa shape index (κ3) is 2.15. The van der Waals surface area contributed by atoms with E-state index in [0.29, 0.717) is 19.0 Å². The van der Waals surface area contributed by atoms with E-state index in [1.165, 1.54) is 0 Å². The quantitative estimate of drug-likeness (QED) is 0.714. The molecule has 0 aliphatic carbocycles. The third-order valence-electron chi connectivity index (χ3n) is 1.93. The van der Waals surface area contributed by atoms with E-state index in [1.807, 2.05) is 12.1 Å². The molecule has 1 N–H and O–H groups in total. The molecule has 0 radical (unpaired) electrons. The highest BCUT2D eigenvalue weighted by molar-refractivity contribution is 14.1. The van der Waals surface area contributed by atoms with Crippen LogP contribution in [0.4, 0.5) is 0 Å². The summed E-state index contributed by atoms with van der Waals surface area (Å²) < 4.78 is 12.4. The smallest absolute Gasteiger partial charge is 0.184 e. The van der Waals surface area contributed by atoms with E-state index in [2.05, 4.69) is 45.2 Å². The van der Waals surface area contributed by atoms with Crippen LogP contribution < -0.4 is 0 Å². The van der Waals surface area contributed by atoms with Crippen LogP contribution in [0.25, 0.3) is 0 Å². The molecule has 14 heavy (non-hydrogen) atoms. The Kier molecular flexibility index (Phi) is 3.50. The van der Waals surface area contributed by atoms with Gasteiger partial charge in [0, 0.05) is 5.56 Å². The van der Waals surface area contributed by atoms with E-state index in [0.717, 1.165) is 12.7 Å². The number of aromatic hydroxyl groups is 1. The molecule has 76 valence electrons. The summed E-state index contributed by atoms with van der Waals surface area (Å²) in [6.45, 7) is 1.28. The number of ether oxygens (including phenoxy) is 2. The van der Waals surface area contributed by atoms with Gasteiger partial charge < -0.3 is 14.6 Å². The van der Waals surface area contributed by atoms with Crippen molar-refractivity contribution in [3.63, 3.8) is 0 Å². The maximum absolute atomic E-state index is 9.58. The Morgan fingerprint density at radius 3 is 2.14 bits per heavy atom. The molecule has 1 aromatic carbocycles. The minimum atomic E-state index is -0.266. The van der Waals surface area contributed by atoms with Crippen LogP contribution in [0.2, 0.25) is 0 Å². The van der Waals surface area contributed by atoms with Crippen molar-refractivity contribution in [2.45, 2.75) is 6.29 Å². The molecule has 0 unspecified atom stereocenters. The Bertz CT molecular complexity index is 325. The van der Waals surface area contributed by atoms with Gasteiger partial charge in [-0.15, -0.1) is 0 Å². The lowest BCUT2D eigenvalue weighted by atomic mass is 10.2. The summed E-state index contributed by atoms with van der Waals surface area (Å²) in [5.74, 6) is 0.327. The number of phenolic OH excluding ortho intramolecular Hbond substituents is 1. The van der Waals surface area contributed by atoms with Crippen molar-refractivity contribution in [2.24, 2.45) is 0 Å². The standard InChI is InChI=1S/C9H8I2O3/c10-6-3-5(4-7(11)8(6)12)9-13-1-2-14-9/h3-4,9,12H,1-2H2. The molecule has 0 amide bonds. The summed E-state index contributed by atoms with van der Waals surface area (Å²) >= 11 is 4.19. The van der Waals surface area contributed by atoms with Crippen molar-refractivity contribution in [2.75, 3.05) is 13.2 Å². The van der Waals surface area contributed by atoms with Crippen molar-refractivity contribution in [3.05, 3.63) is 24.8 Å². The van der Waals surface area contributed by atoms with Gasteiger partial charge in [0.1, 0.15) is 5.75 Å². The predicted molar refractivity (Wildman–Crippen MR) is 68.2 cm³/mol. The average Bonchev–Trinajstić information content (AvgIpc) is 2.66. The van der Waals surface area contributed by atoms with Crippen LogP contribution in [0.5, 0.6) is 5.75 Å². The van der Waals surface area contributed by atoms with Crippen LogP contribution in [-0.4, -0.2) is 18.3 Å². The zero-order chi connectivity index (χ0) is 10.1. The minimum absolute atomic E-state index is 0.266. The van der Waals surface area contributed by atoms with Gasteiger partial charge in [0.15, 0.2) is 6.29 Å². The Morgan fingerprint density at radius 2 is 1.64 bits per heavy atom. The average molecular weight is 418 g/mol. The fourth-order valence-corrected chi connectivity index (χ4v) is 3.09. The van der Waals surface area contributed by atoms with Crippen LogP contribution in [0, 0.1) is 7.14 Å². The van der Waals surface area contributed by atoms with E-state index >= 15 is 0 Å². The molecule has 0 bridgehead atoms. The second-order valence-electron chi connectivity index (χ2n) is 2.91. The van der Waals surface area contributed by atoms with Gasteiger partial charge >= 0.3 is 0 Å². The Balaban J connectivity index is 2.34. The van der Waals surface area contributed by atoms with Gasteiger partial charge in [-0.3, -0.25) is 0 Å². The minimum Gasteiger partial charge on any atom is -0.506 e. The molecule has 1 aliphatic rings. The molecule has 2 rings (SSSR count). The molecular weight excluding hydrogens is 410 g/mol. The first-order valence-corrected chi connectivity index (χ1v) is 6.25. The SMILES string of the molecule is Oc1c(I)cc(C2OCCO2)cc1I. The van der Waals surface area contributed by atoms with Crippen molar-refractivity contribution >= 4 is 45.2 Å². The van der Waals surface area contributed by atoms with Gasteiger partial charge in [0.2, 0.25) is 0 Å². The summed E-state index contributed by atoms with van der Waals surface area (Å²) in [5, 5.41) is 9.58. The van der Waals surface area contributed by atoms with Crippen molar-refractivity contribution in [1.82, 2.24) is 0 Å². The van der Waals surface area contributed by atoms with Crippen LogP contribution in [0.15, 0.2) is 12.1 Å². The normalized spacial score (nSPS) is 17.6. The van der Waals surface area contributed by atoms with Gasteiger partial charge in [-0.1, -0.05) is 0 Å². The number of hydrogen-bond acceptors (Lipinski definition) is 3. The first-order valence-electron chi connectivity index (χ1n) is 4.09. The molecule has 1 fully saturated rings. The molecular formula is C9H8I2O3. The Hall–Kier alpha value is 0.400. The number of phenols is 1. The largest absolute Gasteiger partial charge is 0.506 e. The van der Waals surface area contributed by atoms with E-state index in [1.54, 1.807) is 0 Å². The highest BCUT2D eigenvalue weighted by Gasteiger charge is 2.20. The Labute approximate surface area is 109 Å². The molecule has 1 heterocycles. The number of hydrogen-bond donors (Lipinski definition) is 1. The van der Waals surface area contributed by atoms with Crippen LogP contribution in [0.1, 0.15) is 11.9 Å². The molecule has 3 nitrogen and oxygen atoms in total. The van der Waals surface area contributed by atoms with Crippen LogP contribution in [0.3, 0.4) is 0 Å². The van der Waals surface area contributed by atoms with Crippen molar-refractivity contribution in [3.8, 4) is 5.75 Å². The summed E-state index contributed by atoms with van der Waals surface area (Å²) in [5.41, 5.74) is 0.967. The first-order chi connectivity index (χ1) is 6.68. The molecule has 0 atom stereocenters. The first kappa shape index (κ1) is 10.9. The highest BCUT2D eigenvalue weighted by Crippen LogP contribution is 2.32. The van der Waals surface area contributed by atoms with E-state index < -0.39 is 0 Å². The lowest BCUT2D eigenvalue weighted by Gasteiger charge is -2.11. The fraction of sp³-hybridized carbons (Fsp3) is 0.333. The number of benzene rings is 1. The topological polar surface area (TPSA) is 38.7 Å². The van der Waals surface area contributed by atoms with Gasteiger partial charge in [-0.05, 0) is 57.3 Å². The van der Waals surface area contributed by atoms with Crippen LogP contribution >= 0.6 is 45.2 Å². The Morgan fingerprint density at radius 1 is 1.14 bits per heavy atom. The summed E-state index contributed by atoms with van der Waals surface area (Å²) in [6, 6.07) is 3.77. The maximum Gasteiger partial charge on any atom is 0.184 e. The monoisotopic (exact) mass is 418 g/mol. The van der Waals surface area contributed by atoms with Crippen molar-refractivity contribution < 1.29 is 14.6 Å². The van der Waals surface area contributed by atoms with Gasteiger partial charge in [-0.25, -0.2) is 0 Å². The number of halogens is 2. The molecule has 5 heteroatoms. The molecule has 1 saturated heterocycles. The van der Waals surface area contributed by atoms with E-state index in [-0.39, 0.29) is 6.29 Å². The third-order valence-corrected chi connectivity index (χ3v) is 3.58. The number of rotatable bonds is 1. The van der Waals surface area contributed by atoms with E-state index in [4.69, 9.17) is 9.47 Å². The highest BCUT2D eigenvalue weighted by atomic mass is 127. The fourth-order valence-electron chi connectivity index (χ4n) is 1.27. The van der Waals surface area contributed by atoms with Gasteiger partial charge in [0.05, 0.1) is 20.4 Å².